The summed E-state index contributed by atoms with van der Waals surface area (Å²) in [5, 5.41) is 22.0. The van der Waals surface area contributed by atoms with Gasteiger partial charge in [0.1, 0.15) is 6.17 Å². The number of hydrogen-bond donors (Lipinski definition) is 2. The van der Waals surface area contributed by atoms with Crippen LogP contribution in [0.4, 0.5) is 4.39 Å². The molecule has 0 aromatic heterocycles. The fourth-order valence-corrected chi connectivity index (χ4v) is 9.60. The highest BCUT2D eigenvalue weighted by atomic mass is 19.1. The second kappa shape index (κ2) is 8.83. The molecular formula is C27H45FO4. The summed E-state index contributed by atoms with van der Waals surface area (Å²) in [6.07, 6.45) is 5.35. The first kappa shape index (κ1) is 24.4. The highest BCUT2D eigenvalue weighted by Crippen LogP contribution is 2.69. The lowest BCUT2D eigenvalue weighted by Crippen LogP contribution is -2.65. The second-order valence-electron chi connectivity index (χ2n) is 12.3. The van der Waals surface area contributed by atoms with Crippen molar-refractivity contribution in [2.45, 2.75) is 104 Å². The van der Waals surface area contributed by atoms with Crippen LogP contribution in [0.25, 0.3) is 0 Å². The molecule has 0 amide bonds. The van der Waals surface area contributed by atoms with E-state index in [2.05, 4.69) is 27.7 Å². The van der Waals surface area contributed by atoms with E-state index in [0.717, 1.165) is 44.9 Å². The first-order valence-electron chi connectivity index (χ1n) is 13.2. The number of carbonyl (C=O) groups is 1. The highest BCUT2D eigenvalue weighted by molar-refractivity contribution is 5.69. The first-order chi connectivity index (χ1) is 15.1. The zero-order chi connectivity index (χ0) is 23.4. The van der Waals surface area contributed by atoms with Crippen molar-refractivity contribution in [1.29, 1.82) is 0 Å². The second-order valence-corrected chi connectivity index (χ2v) is 12.3. The van der Waals surface area contributed by atoms with Gasteiger partial charge in [-0.3, -0.25) is 4.79 Å². The molecule has 4 aliphatic carbocycles. The van der Waals surface area contributed by atoms with Gasteiger partial charge in [0.2, 0.25) is 0 Å². The summed E-state index contributed by atoms with van der Waals surface area (Å²) in [7, 11) is 1.45. The average molecular weight is 453 g/mol. The molecule has 4 aliphatic rings. The topological polar surface area (TPSA) is 66.8 Å². The fourth-order valence-electron chi connectivity index (χ4n) is 9.60. The van der Waals surface area contributed by atoms with Crippen LogP contribution in [0, 0.1) is 52.3 Å². The van der Waals surface area contributed by atoms with Crippen LogP contribution in [-0.2, 0) is 9.53 Å². The number of hydrogen-bond acceptors (Lipinski definition) is 4. The molecule has 12 atom stereocenters. The van der Waals surface area contributed by atoms with Crippen LogP contribution in [-0.4, -0.2) is 41.7 Å². The van der Waals surface area contributed by atoms with Crippen molar-refractivity contribution in [2.75, 3.05) is 7.11 Å². The van der Waals surface area contributed by atoms with Crippen molar-refractivity contribution in [3.05, 3.63) is 0 Å². The molecule has 0 bridgehead atoms. The molecule has 32 heavy (non-hydrogen) atoms. The Morgan fingerprint density at radius 2 is 1.75 bits per heavy atom. The average Bonchev–Trinajstić information content (AvgIpc) is 3.13. The molecule has 4 fully saturated rings. The number of esters is 1. The summed E-state index contributed by atoms with van der Waals surface area (Å²) in [5.41, 5.74) is 0.0294. The number of methoxy groups -OCH3 is 1. The van der Waals surface area contributed by atoms with Crippen LogP contribution in [0.2, 0.25) is 0 Å². The third kappa shape index (κ3) is 3.56. The maximum absolute atomic E-state index is 15.4. The SMILES string of the molecule is CC[C@H]1C(O)C2C3CCC([C@H](C)CCC(=O)OC)[C@@]3(C)CCC2[C@@]2(C)CC[C@@H](O)[C@H](F)[C@@H]12. The summed E-state index contributed by atoms with van der Waals surface area (Å²) in [6, 6.07) is 0. The standard InChI is InChI=1S/C27H45FO4/c1-6-16-23-24(28)20(29)12-14-27(23,4)19-11-13-26(3)17(15(2)7-10-21(30)32-5)8-9-18(26)22(19)25(16)31/h15-20,22-25,29,31H,6-14H2,1-5H3/t15-,16-,17?,18?,19?,20-,22?,23-,24+,25?,26-,27-/m1/s1. The molecule has 0 spiro atoms. The summed E-state index contributed by atoms with van der Waals surface area (Å²) in [5.74, 6) is 1.56. The zero-order valence-electron chi connectivity index (χ0n) is 20.7. The lowest BCUT2D eigenvalue weighted by atomic mass is 9.41. The van der Waals surface area contributed by atoms with Gasteiger partial charge >= 0.3 is 5.97 Å². The number of rotatable bonds is 5. The molecule has 2 N–H and O–H groups in total. The Bertz CT molecular complexity index is 699. The van der Waals surface area contributed by atoms with Gasteiger partial charge in [-0.15, -0.1) is 0 Å². The van der Waals surface area contributed by atoms with Crippen molar-refractivity contribution < 1.29 is 24.1 Å². The van der Waals surface area contributed by atoms with Gasteiger partial charge in [0.25, 0.3) is 0 Å². The molecular weight excluding hydrogens is 407 g/mol. The minimum atomic E-state index is -1.22. The molecule has 0 aliphatic heterocycles. The number of aliphatic hydroxyl groups is 2. The predicted molar refractivity (Wildman–Crippen MR) is 122 cm³/mol. The summed E-state index contributed by atoms with van der Waals surface area (Å²) in [6.45, 7) is 9.07. The third-order valence-electron chi connectivity index (χ3n) is 11.2. The smallest absolute Gasteiger partial charge is 0.305 e. The number of halogens is 1. The number of fused-ring (bicyclic) bond motifs is 5. The van der Waals surface area contributed by atoms with Crippen molar-refractivity contribution in [1.82, 2.24) is 0 Å². The molecule has 184 valence electrons. The monoisotopic (exact) mass is 452 g/mol. The van der Waals surface area contributed by atoms with Gasteiger partial charge in [-0.1, -0.05) is 34.1 Å². The lowest BCUT2D eigenvalue weighted by molar-refractivity contribution is -0.222. The van der Waals surface area contributed by atoms with Gasteiger partial charge in [0, 0.05) is 12.3 Å². The molecule has 5 heteroatoms. The molecule has 0 heterocycles. The van der Waals surface area contributed by atoms with Gasteiger partial charge in [0.05, 0.1) is 19.3 Å². The number of ether oxygens (including phenoxy) is 1. The quantitative estimate of drug-likeness (QED) is 0.566. The van der Waals surface area contributed by atoms with E-state index in [1.165, 1.54) is 7.11 Å². The molecule has 4 nitrogen and oxygen atoms in total. The van der Waals surface area contributed by atoms with E-state index in [1.54, 1.807) is 0 Å². The van der Waals surface area contributed by atoms with E-state index < -0.39 is 18.4 Å². The zero-order valence-corrected chi connectivity index (χ0v) is 20.7. The minimum Gasteiger partial charge on any atom is -0.469 e. The molecule has 4 rings (SSSR count). The molecule has 0 aromatic carbocycles. The Morgan fingerprint density at radius 3 is 2.41 bits per heavy atom. The van der Waals surface area contributed by atoms with Gasteiger partial charge in [-0.2, -0.15) is 0 Å². The van der Waals surface area contributed by atoms with Crippen LogP contribution in [0.3, 0.4) is 0 Å². The molecule has 0 radical (unpaired) electrons. The Hall–Kier alpha value is -0.680. The first-order valence-corrected chi connectivity index (χ1v) is 13.2. The van der Waals surface area contributed by atoms with E-state index in [-0.39, 0.29) is 34.6 Å². The minimum absolute atomic E-state index is 0.0793. The molecule has 0 aromatic rings. The lowest BCUT2D eigenvalue weighted by Gasteiger charge is -2.65. The molecule has 5 unspecified atom stereocenters. The molecule has 4 saturated carbocycles. The maximum atomic E-state index is 15.4. The Balaban J connectivity index is 1.61. The van der Waals surface area contributed by atoms with Crippen LogP contribution >= 0.6 is 0 Å². The number of aliphatic hydroxyl groups excluding tert-OH is 2. The largest absolute Gasteiger partial charge is 0.469 e. The number of alkyl halides is 1. The Kier molecular flexibility index (Phi) is 6.75. The number of carbonyl (C=O) groups excluding carboxylic acids is 1. The van der Waals surface area contributed by atoms with Crippen molar-refractivity contribution in [3.63, 3.8) is 0 Å². The van der Waals surface area contributed by atoms with E-state index in [1.807, 2.05) is 0 Å². The van der Waals surface area contributed by atoms with Crippen molar-refractivity contribution >= 4 is 5.97 Å². The highest BCUT2D eigenvalue weighted by Gasteiger charge is 2.66. The van der Waals surface area contributed by atoms with Gasteiger partial charge in [-0.25, -0.2) is 4.39 Å². The Morgan fingerprint density at radius 1 is 1.09 bits per heavy atom. The van der Waals surface area contributed by atoms with Gasteiger partial charge in [0.15, 0.2) is 0 Å². The van der Waals surface area contributed by atoms with E-state index in [0.29, 0.717) is 36.5 Å². The predicted octanol–water partition coefficient (Wildman–Crippen LogP) is 5.15. The molecule has 0 saturated heterocycles. The fraction of sp³-hybridized carbons (Fsp3) is 0.963. The summed E-state index contributed by atoms with van der Waals surface area (Å²) in [4.78, 5) is 11.7. The van der Waals surface area contributed by atoms with Crippen molar-refractivity contribution in [3.8, 4) is 0 Å². The van der Waals surface area contributed by atoms with E-state index >= 15 is 4.39 Å². The normalized spacial score (nSPS) is 51.3. The third-order valence-corrected chi connectivity index (χ3v) is 11.2. The van der Waals surface area contributed by atoms with Gasteiger partial charge in [-0.05, 0) is 91.3 Å². The summed E-state index contributed by atoms with van der Waals surface area (Å²) < 4.78 is 20.3. The van der Waals surface area contributed by atoms with Crippen LogP contribution < -0.4 is 0 Å². The van der Waals surface area contributed by atoms with E-state index in [4.69, 9.17) is 4.74 Å². The van der Waals surface area contributed by atoms with Crippen molar-refractivity contribution in [2.24, 2.45) is 52.3 Å². The van der Waals surface area contributed by atoms with Crippen LogP contribution in [0.1, 0.15) is 85.5 Å². The summed E-state index contributed by atoms with van der Waals surface area (Å²) >= 11 is 0. The van der Waals surface area contributed by atoms with Crippen LogP contribution in [0.5, 0.6) is 0 Å². The maximum Gasteiger partial charge on any atom is 0.305 e. The Labute approximate surface area is 193 Å². The van der Waals surface area contributed by atoms with E-state index in [9.17, 15) is 15.0 Å². The van der Waals surface area contributed by atoms with Gasteiger partial charge < -0.3 is 14.9 Å². The van der Waals surface area contributed by atoms with Crippen LogP contribution in [0.15, 0.2) is 0 Å².